The Morgan fingerprint density at radius 3 is 1.02 bits per heavy atom. The normalized spacial score (nSPS) is 11.4. The second kappa shape index (κ2) is 27.1. The van der Waals surface area contributed by atoms with Crippen molar-refractivity contribution in [1.82, 2.24) is 15.0 Å². The SMILES string of the molecule is CCCCCc1cc(Nc2nc(Nc3cc(CCCCC)c(CCCCC)c(CCCCC)c3)nc(-c3ccc(CC)cc3)n2)cc(CCCCC)c1CCCCC. The van der Waals surface area contributed by atoms with Gasteiger partial charge in [-0.1, -0.05) is 150 Å². The van der Waals surface area contributed by atoms with E-state index in [9.17, 15) is 0 Å². The van der Waals surface area contributed by atoms with Crippen LogP contribution in [0, 0.1) is 0 Å². The molecule has 5 heteroatoms. The predicted molar refractivity (Wildman–Crippen MR) is 253 cm³/mol. The fourth-order valence-electron chi connectivity index (χ4n) is 8.40. The van der Waals surface area contributed by atoms with Gasteiger partial charge in [-0.3, -0.25) is 0 Å². The summed E-state index contributed by atoms with van der Waals surface area (Å²) in [6.07, 6.45) is 30.3. The van der Waals surface area contributed by atoms with Crippen molar-refractivity contribution in [3.8, 4) is 11.4 Å². The molecule has 1 aromatic heterocycles. The van der Waals surface area contributed by atoms with Crippen LogP contribution in [0.2, 0.25) is 0 Å². The molecule has 0 amide bonds. The van der Waals surface area contributed by atoms with Gasteiger partial charge in [-0.05, 0) is 147 Å². The van der Waals surface area contributed by atoms with E-state index in [0.29, 0.717) is 17.7 Å². The second-order valence-corrected chi connectivity index (χ2v) is 16.9. The van der Waals surface area contributed by atoms with Crippen LogP contribution in [0.4, 0.5) is 23.3 Å². The maximum Gasteiger partial charge on any atom is 0.232 e. The third-order valence-electron chi connectivity index (χ3n) is 11.9. The molecule has 0 atom stereocenters. The summed E-state index contributed by atoms with van der Waals surface area (Å²) in [7, 11) is 0. The van der Waals surface area contributed by atoms with Gasteiger partial charge in [-0.15, -0.1) is 0 Å². The highest BCUT2D eigenvalue weighted by Crippen LogP contribution is 2.31. The lowest BCUT2D eigenvalue weighted by molar-refractivity contribution is 0.678. The molecule has 5 nitrogen and oxygen atoms in total. The quantitative estimate of drug-likeness (QED) is 0.0515. The van der Waals surface area contributed by atoms with Crippen molar-refractivity contribution in [3.63, 3.8) is 0 Å². The van der Waals surface area contributed by atoms with Gasteiger partial charge >= 0.3 is 0 Å². The molecule has 4 rings (SSSR count). The van der Waals surface area contributed by atoms with Gasteiger partial charge in [-0.2, -0.15) is 15.0 Å². The number of hydrogen-bond acceptors (Lipinski definition) is 5. The maximum absolute atomic E-state index is 5.13. The molecule has 0 fully saturated rings. The second-order valence-electron chi connectivity index (χ2n) is 16.9. The summed E-state index contributed by atoms with van der Waals surface area (Å²) in [5, 5.41) is 7.49. The summed E-state index contributed by atoms with van der Waals surface area (Å²) in [5.74, 6) is 1.87. The molecule has 2 N–H and O–H groups in total. The standard InChI is InChI=1S/C53H81N5/c1-8-15-21-27-43-37-47(38-44(28-22-16-9-2)49(43)31-25-19-12-5)54-52-56-51(42-35-33-41(14-7)34-36-42)57-53(58-52)55-48-39-45(29-23-17-10-3)50(32-26-20-13-6)46(40-48)30-24-18-11-4/h33-40H,8-32H2,1-7H3,(H2,54,55,56,57,58). The van der Waals surface area contributed by atoms with Crippen molar-refractivity contribution >= 4 is 23.3 Å². The average molecular weight is 788 g/mol. The summed E-state index contributed by atoms with van der Waals surface area (Å²) in [6.45, 7) is 16.0. The first-order valence-electron chi connectivity index (χ1n) is 24.1. The topological polar surface area (TPSA) is 62.7 Å². The third kappa shape index (κ3) is 15.5. The zero-order valence-electron chi connectivity index (χ0n) is 38.1. The summed E-state index contributed by atoms with van der Waals surface area (Å²) >= 11 is 0. The lowest BCUT2D eigenvalue weighted by Gasteiger charge is -2.20. The fraction of sp³-hybridized carbons (Fsp3) is 0.604. The van der Waals surface area contributed by atoms with Crippen LogP contribution >= 0.6 is 0 Å². The molecule has 0 aliphatic carbocycles. The van der Waals surface area contributed by atoms with E-state index >= 15 is 0 Å². The smallest absolute Gasteiger partial charge is 0.232 e. The van der Waals surface area contributed by atoms with E-state index in [4.69, 9.17) is 15.0 Å². The molecule has 318 valence electrons. The molecule has 3 aromatic carbocycles. The van der Waals surface area contributed by atoms with E-state index < -0.39 is 0 Å². The minimum atomic E-state index is 0.590. The van der Waals surface area contributed by atoms with Crippen molar-refractivity contribution in [2.75, 3.05) is 10.6 Å². The first-order valence-corrected chi connectivity index (χ1v) is 24.1. The fourth-order valence-corrected chi connectivity index (χ4v) is 8.40. The first-order chi connectivity index (χ1) is 28.5. The molecule has 0 radical (unpaired) electrons. The summed E-state index contributed by atoms with van der Waals surface area (Å²) < 4.78 is 0. The molecular formula is C53H81N5. The van der Waals surface area contributed by atoms with Gasteiger partial charge in [0.05, 0.1) is 0 Å². The molecule has 58 heavy (non-hydrogen) atoms. The number of unbranched alkanes of at least 4 members (excludes halogenated alkanes) is 12. The van der Waals surface area contributed by atoms with Gasteiger partial charge in [0.2, 0.25) is 11.9 Å². The minimum absolute atomic E-state index is 0.590. The number of aromatic nitrogens is 3. The largest absolute Gasteiger partial charge is 0.324 e. The van der Waals surface area contributed by atoms with E-state index in [1.807, 2.05) is 0 Å². The molecule has 0 bridgehead atoms. The third-order valence-corrected chi connectivity index (χ3v) is 11.9. The van der Waals surface area contributed by atoms with Gasteiger partial charge < -0.3 is 10.6 Å². The Kier molecular flexibility index (Phi) is 21.9. The Hall–Kier alpha value is -3.73. The van der Waals surface area contributed by atoms with Gasteiger partial charge in [0.25, 0.3) is 0 Å². The van der Waals surface area contributed by atoms with E-state index in [1.165, 1.54) is 156 Å². The Labute approximate surface area is 355 Å². The molecule has 0 spiro atoms. The van der Waals surface area contributed by atoms with Crippen LogP contribution in [0.25, 0.3) is 11.4 Å². The number of nitrogens with zero attached hydrogens (tertiary/aromatic N) is 3. The van der Waals surface area contributed by atoms with E-state index in [2.05, 4.69) is 108 Å². The van der Waals surface area contributed by atoms with Gasteiger partial charge in [0.15, 0.2) is 5.82 Å². The van der Waals surface area contributed by atoms with E-state index in [1.54, 1.807) is 11.1 Å². The van der Waals surface area contributed by atoms with Crippen molar-refractivity contribution in [2.45, 2.75) is 209 Å². The summed E-state index contributed by atoms with van der Waals surface area (Å²) in [6, 6.07) is 18.4. The molecule has 0 saturated carbocycles. The lowest BCUT2D eigenvalue weighted by Crippen LogP contribution is -2.09. The van der Waals surface area contributed by atoms with Gasteiger partial charge in [-0.25, -0.2) is 0 Å². The molecule has 0 saturated heterocycles. The Morgan fingerprint density at radius 2 is 0.707 bits per heavy atom. The lowest BCUT2D eigenvalue weighted by atomic mass is 9.89. The highest BCUT2D eigenvalue weighted by Gasteiger charge is 2.17. The zero-order valence-corrected chi connectivity index (χ0v) is 38.1. The first kappa shape index (κ1) is 47.0. The number of benzene rings is 3. The molecule has 1 heterocycles. The monoisotopic (exact) mass is 788 g/mol. The van der Waals surface area contributed by atoms with Gasteiger partial charge in [0, 0.05) is 16.9 Å². The van der Waals surface area contributed by atoms with Gasteiger partial charge in [0.1, 0.15) is 0 Å². The van der Waals surface area contributed by atoms with Crippen LogP contribution in [-0.4, -0.2) is 15.0 Å². The number of anilines is 4. The number of rotatable bonds is 30. The van der Waals surface area contributed by atoms with Crippen LogP contribution in [0.1, 0.15) is 203 Å². The molecule has 4 aromatic rings. The zero-order chi connectivity index (χ0) is 41.4. The van der Waals surface area contributed by atoms with Crippen molar-refractivity contribution in [2.24, 2.45) is 0 Å². The van der Waals surface area contributed by atoms with Crippen molar-refractivity contribution in [1.29, 1.82) is 0 Å². The number of aryl methyl sites for hydroxylation is 5. The van der Waals surface area contributed by atoms with Crippen molar-refractivity contribution in [3.05, 3.63) is 87.5 Å². The van der Waals surface area contributed by atoms with Crippen LogP contribution in [0.15, 0.2) is 48.5 Å². The van der Waals surface area contributed by atoms with Crippen LogP contribution < -0.4 is 10.6 Å². The Balaban J connectivity index is 1.81. The van der Waals surface area contributed by atoms with E-state index in [0.717, 1.165) is 49.0 Å². The average Bonchev–Trinajstić information content (AvgIpc) is 3.23. The molecule has 0 aliphatic heterocycles. The van der Waals surface area contributed by atoms with Crippen LogP contribution in [0.3, 0.4) is 0 Å². The predicted octanol–water partition coefficient (Wildman–Crippen LogP) is 16.0. The maximum atomic E-state index is 5.13. The van der Waals surface area contributed by atoms with Crippen LogP contribution in [-0.2, 0) is 44.9 Å². The molecule has 0 aliphatic rings. The number of nitrogens with one attached hydrogen (secondary N) is 2. The highest BCUT2D eigenvalue weighted by molar-refractivity contribution is 5.66. The van der Waals surface area contributed by atoms with Crippen molar-refractivity contribution < 1.29 is 0 Å². The van der Waals surface area contributed by atoms with Crippen LogP contribution in [0.5, 0.6) is 0 Å². The number of hydrogen-bond donors (Lipinski definition) is 2. The summed E-state index contributed by atoms with van der Waals surface area (Å²) in [4.78, 5) is 15.3. The minimum Gasteiger partial charge on any atom is -0.324 e. The highest BCUT2D eigenvalue weighted by atomic mass is 15.2. The molecular weight excluding hydrogens is 707 g/mol. The Bertz CT molecular complexity index is 1580. The van der Waals surface area contributed by atoms with E-state index in [-0.39, 0.29) is 0 Å². The Morgan fingerprint density at radius 1 is 0.379 bits per heavy atom. The summed E-state index contributed by atoms with van der Waals surface area (Å²) in [5.41, 5.74) is 13.7. The molecule has 0 unspecified atom stereocenters.